The lowest BCUT2D eigenvalue weighted by atomic mass is 9.98. The van der Waals surface area contributed by atoms with Gasteiger partial charge in [0, 0.05) is 21.9 Å². The molecule has 0 aliphatic rings. The standard InChI is InChI=1S/C16H11IO2S/c1-19-14-7-6-13(11-4-2-3-5-12(11)14)16(18)10-8-15(17)20-9-10/h2-9H,1H3. The van der Waals surface area contributed by atoms with Crippen molar-refractivity contribution in [3.63, 3.8) is 0 Å². The average Bonchev–Trinajstić information content (AvgIpc) is 2.92. The summed E-state index contributed by atoms with van der Waals surface area (Å²) in [7, 11) is 1.64. The Morgan fingerprint density at radius 3 is 2.55 bits per heavy atom. The molecule has 0 unspecified atom stereocenters. The predicted octanol–water partition coefficient (Wildman–Crippen LogP) is 4.75. The number of benzene rings is 2. The van der Waals surface area contributed by atoms with E-state index in [4.69, 9.17) is 4.74 Å². The third-order valence-electron chi connectivity index (χ3n) is 3.18. The number of ketones is 1. The van der Waals surface area contributed by atoms with Crippen LogP contribution in [-0.4, -0.2) is 12.9 Å². The highest BCUT2D eigenvalue weighted by Gasteiger charge is 2.15. The molecule has 3 rings (SSSR count). The van der Waals surface area contributed by atoms with Crippen molar-refractivity contribution in [2.45, 2.75) is 0 Å². The molecule has 2 nitrogen and oxygen atoms in total. The summed E-state index contributed by atoms with van der Waals surface area (Å²) in [6.45, 7) is 0. The molecule has 2 aromatic carbocycles. The summed E-state index contributed by atoms with van der Waals surface area (Å²) in [5, 5.41) is 3.80. The number of fused-ring (bicyclic) bond motifs is 1. The van der Waals surface area contributed by atoms with Crippen molar-refractivity contribution in [2.75, 3.05) is 7.11 Å². The summed E-state index contributed by atoms with van der Waals surface area (Å²) in [4.78, 5) is 12.6. The Kier molecular flexibility index (Phi) is 3.76. The summed E-state index contributed by atoms with van der Waals surface area (Å²) in [6.07, 6.45) is 0. The fraction of sp³-hybridized carbons (Fsp3) is 0.0625. The van der Waals surface area contributed by atoms with E-state index in [0.29, 0.717) is 0 Å². The first-order valence-electron chi connectivity index (χ1n) is 6.05. The molecule has 4 heteroatoms. The van der Waals surface area contributed by atoms with Gasteiger partial charge in [0.05, 0.1) is 9.99 Å². The Balaban J connectivity index is 2.20. The highest BCUT2D eigenvalue weighted by Crippen LogP contribution is 2.30. The highest BCUT2D eigenvalue weighted by molar-refractivity contribution is 14.1. The Morgan fingerprint density at radius 1 is 1.15 bits per heavy atom. The van der Waals surface area contributed by atoms with Crippen LogP contribution >= 0.6 is 33.9 Å². The minimum absolute atomic E-state index is 0.0584. The van der Waals surface area contributed by atoms with Gasteiger partial charge in [-0.1, -0.05) is 24.3 Å². The number of ether oxygens (including phenoxy) is 1. The molecule has 0 saturated carbocycles. The Labute approximate surface area is 134 Å². The lowest BCUT2D eigenvalue weighted by molar-refractivity contribution is 0.104. The van der Waals surface area contributed by atoms with E-state index in [9.17, 15) is 4.79 Å². The van der Waals surface area contributed by atoms with Gasteiger partial charge in [-0.05, 0) is 46.2 Å². The van der Waals surface area contributed by atoms with Crippen molar-refractivity contribution < 1.29 is 9.53 Å². The van der Waals surface area contributed by atoms with Crippen molar-refractivity contribution in [1.29, 1.82) is 0 Å². The second kappa shape index (κ2) is 5.54. The first-order chi connectivity index (χ1) is 9.70. The van der Waals surface area contributed by atoms with E-state index in [1.54, 1.807) is 18.4 Å². The maximum absolute atomic E-state index is 12.6. The number of carbonyl (C=O) groups excluding carboxylic acids is 1. The summed E-state index contributed by atoms with van der Waals surface area (Å²) < 4.78 is 6.48. The van der Waals surface area contributed by atoms with Crippen LogP contribution in [0.1, 0.15) is 15.9 Å². The molecular formula is C16H11IO2S. The lowest BCUT2D eigenvalue weighted by Crippen LogP contribution is -2.01. The number of hydrogen-bond acceptors (Lipinski definition) is 3. The minimum Gasteiger partial charge on any atom is -0.496 e. The molecule has 100 valence electrons. The monoisotopic (exact) mass is 394 g/mol. The zero-order chi connectivity index (χ0) is 14.1. The summed E-state index contributed by atoms with van der Waals surface area (Å²) in [5.41, 5.74) is 1.46. The van der Waals surface area contributed by atoms with Gasteiger partial charge in [-0.25, -0.2) is 0 Å². The van der Waals surface area contributed by atoms with Gasteiger partial charge in [0.15, 0.2) is 5.78 Å². The second-order valence-corrected chi connectivity index (χ2v) is 7.14. The van der Waals surface area contributed by atoms with E-state index in [0.717, 1.165) is 30.5 Å². The maximum atomic E-state index is 12.6. The molecular weight excluding hydrogens is 383 g/mol. The summed E-state index contributed by atoms with van der Waals surface area (Å²) >= 11 is 3.81. The lowest BCUT2D eigenvalue weighted by Gasteiger charge is -2.09. The zero-order valence-electron chi connectivity index (χ0n) is 10.7. The van der Waals surface area contributed by atoms with Crippen molar-refractivity contribution in [2.24, 2.45) is 0 Å². The quantitative estimate of drug-likeness (QED) is 0.474. The average molecular weight is 394 g/mol. The molecule has 0 aliphatic carbocycles. The summed E-state index contributed by atoms with van der Waals surface area (Å²) in [5.74, 6) is 0.847. The molecule has 0 saturated heterocycles. The van der Waals surface area contributed by atoms with Crippen LogP contribution in [0.5, 0.6) is 5.75 Å². The first-order valence-corrected chi connectivity index (χ1v) is 8.01. The van der Waals surface area contributed by atoms with Crippen LogP contribution in [0.15, 0.2) is 47.8 Å². The first kappa shape index (κ1) is 13.6. The van der Waals surface area contributed by atoms with Crippen molar-refractivity contribution in [3.8, 4) is 5.75 Å². The predicted molar refractivity (Wildman–Crippen MR) is 91.0 cm³/mol. The largest absolute Gasteiger partial charge is 0.496 e. The number of thiophene rings is 1. The molecule has 0 N–H and O–H groups in total. The Bertz CT molecular complexity index is 792. The van der Waals surface area contributed by atoms with Gasteiger partial charge in [0.2, 0.25) is 0 Å². The summed E-state index contributed by atoms with van der Waals surface area (Å²) in [6, 6.07) is 13.4. The molecule has 0 aliphatic heterocycles. The SMILES string of the molecule is COc1ccc(C(=O)c2csc(I)c2)c2ccccc12. The molecule has 0 spiro atoms. The van der Waals surface area contributed by atoms with Gasteiger partial charge >= 0.3 is 0 Å². The molecule has 1 heterocycles. The molecule has 0 fully saturated rings. The normalized spacial score (nSPS) is 10.7. The van der Waals surface area contributed by atoms with Crippen LogP contribution in [0.25, 0.3) is 10.8 Å². The van der Waals surface area contributed by atoms with E-state index in [2.05, 4.69) is 22.6 Å². The van der Waals surface area contributed by atoms with Gasteiger partial charge in [-0.3, -0.25) is 4.79 Å². The molecule has 0 bridgehead atoms. The molecule has 3 aromatic rings. The van der Waals surface area contributed by atoms with Crippen LogP contribution in [-0.2, 0) is 0 Å². The van der Waals surface area contributed by atoms with Gasteiger partial charge in [0.25, 0.3) is 0 Å². The van der Waals surface area contributed by atoms with Crippen molar-refractivity contribution in [3.05, 3.63) is 61.9 Å². The molecule has 20 heavy (non-hydrogen) atoms. The van der Waals surface area contributed by atoms with Crippen LogP contribution in [0.3, 0.4) is 0 Å². The fourth-order valence-corrected chi connectivity index (χ4v) is 3.56. The van der Waals surface area contributed by atoms with E-state index >= 15 is 0 Å². The van der Waals surface area contributed by atoms with Crippen LogP contribution in [0.2, 0.25) is 0 Å². The third-order valence-corrected chi connectivity index (χ3v) is 4.97. The van der Waals surface area contributed by atoms with Crippen LogP contribution in [0.4, 0.5) is 0 Å². The third kappa shape index (κ3) is 2.33. The molecule has 0 radical (unpaired) electrons. The zero-order valence-corrected chi connectivity index (χ0v) is 13.7. The topological polar surface area (TPSA) is 26.3 Å². The van der Waals surface area contributed by atoms with E-state index in [-0.39, 0.29) is 5.78 Å². The fourth-order valence-electron chi connectivity index (χ4n) is 2.23. The Morgan fingerprint density at radius 2 is 1.90 bits per heavy atom. The molecule has 1 aromatic heterocycles. The van der Waals surface area contributed by atoms with Crippen molar-refractivity contribution in [1.82, 2.24) is 0 Å². The number of rotatable bonds is 3. The van der Waals surface area contributed by atoms with Gasteiger partial charge < -0.3 is 4.74 Å². The number of methoxy groups -OCH3 is 1. The van der Waals surface area contributed by atoms with Gasteiger partial charge in [-0.15, -0.1) is 11.3 Å². The van der Waals surface area contributed by atoms with Crippen molar-refractivity contribution >= 4 is 50.5 Å². The molecule has 0 amide bonds. The highest BCUT2D eigenvalue weighted by atomic mass is 127. The molecule has 0 atom stereocenters. The minimum atomic E-state index is 0.0584. The van der Waals surface area contributed by atoms with Crippen LogP contribution < -0.4 is 4.74 Å². The van der Waals surface area contributed by atoms with Gasteiger partial charge in [-0.2, -0.15) is 0 Å². The smallest absolute Gasteiger partial charge is 0.194 e. The van der Waals surface area contributed by atoms with Gasteiger partial charge in [0.1, 0.15) is 5.75 Å². The van der Waals surface area contributed by atoms with E-state index < -0.39 is 0 Å². The number of carbonyl (C=O) groups is 1. The van der Waals surface area contributed by atoms with E-state index in [1.807, 2.05) is 47.8 Å². The number of halogens is 1. The van der Waals surface area contributed by atoms with Crippen LogP contribution in [0, 0.1) is 2.88 Å². The second-order valence-electron chi connectivity index (χ2n) is 4.33. The Hall–Kier alpha value is -1.40. The number of hydrogen-bond donors (Lipinski definition) is 0. The maximum Gasteiger partial charge on any atom is 0.194 e. The van der Waals surface area contributed by atoms with E-state index in [1.165, 1.54) is 0 Å².